The van der Waals surface area contributed by atoms with Crippen LogP contribution in [0.5, 0.6) is 0 Å². The van der Waals surface area contributed by atoms with Crippen LogP contribution in [0, 0.1) is 0 Å². The van der Waals surface area contributed by atoms with E-state index in [1.54, 1.807) is 43.7 Å². The van der Waals surface area contributed by atoms with Gasteiger partial charge in [0.2, 0.25) is 5.91 Å². The summed E-state index contributed by atoms with van der Waals surface area (Å²) in [6.45, 7) is 0.279. The first-order valence-electron chi connectivity index (χ1n) is 6.32. The molecule has 6 nitrogen and oxygen atoms in total. The van der Waals surface area contributed by atoms with Crippen LogP contribution in [-0.2, 0) is 11.3 Å². The highest BCUT2D eigenvalue weighted by Crippen LogP contribution is 2.10. The summed E-state index contributed by atoms with van der Waals surface area (Å²) < 4.78 is 0. The topological polar surface area (TPSA) is 78.1 Å². The molecule has 110 valence electrons. The number of aromatic amines is 1. The predicted octanol–water partition coefficient (Wildman–Crippen LogP) is 1.45. The van der Waals surface area contributed by atoms with Gasteiger partial charge in [0.05, 0.1) is 13.1 Å². The van der Waals surface area contributed by atoms with Gasteiger partial charge in [-0.05, 0) is 18.2 Å². The van der Waals surface area contributed by atoms with Gasteiger partial charge in [0.25, 0.3) is 5.91 Å². The van der Waals surface area contributed by atoms with Crippen LogP contribution in [0.25, 0.3) is 0 Å². The largest absolute Gasteiger partial charge is 0.347 e. The molecule has 0 bridgehead atoms. The van der Waals surface area contributed by atoms with E-state index < -0.39 is 0 Å². The second kappa shape index (κ2) is 6.90. The van der Waals surface area contributed by atoms with Crippen LogP contribution in [0.3, 0.4) is 0 Å². The molecule has 0 atom stereocenters. The van der Waals surface area contributed by atoms with E-state index in [1.165, 1.54) is 4.90 Å². The second-order valence-corrected chi connectivity index (χ2v) is 4.92. The molecule has 0 unspecified atom stereocenters. The zero-order valence-electron chi connectivity index (χ0n) is 11.5. The highest BCUT2D eigenvalue weighted by atomic mass is 35.5. The van der Waals surface area contributed by atoms with E-state index in [2.05, 4.69) is 15.3 Å². The van der Waals surface area contributed by atoms with Crippen molar-refractivity contribution in [1.29, 1.82) is 0 Å². The zero-order valence-corrected chi connectivity index (χ0v) is 12.2. The number of imidazole rings is 1. The van der Waals surface area contributed by atoms with Gasteiger partial charge in [0, 0.05) is 30.0 Å². The first-order valence-corrected chi connectivity index (χ1v) is 6.70. The fourth-order valence-electron chi connectivity index (χ4n) is 1.72. The molecule has 1 heterocycles. The van der Waals surface area contributed by atoms with Crippen molar-refractivity contribution in [3.8, 4) is 0 Å². The van der Waals surface area contributed by atoms with E-state index in [9.17, 15) is 9.59 Å². The molecule has 7 heteroatoms. The molecule has 0 saturated heterocycles. The summed E-state index contributed by atoms with van der Waals surface area (Å²) in [4.78, 5) is 32.2. The number of halogens is 1. The van der Waals surface area contributed by atoms with Crippen molar-refractivity contribution < 1.29 is 9.59 Å². The van der Waals surface area contributed by atoms with Crippen LogP contribution in [0.15, 0.2) is 36.7 Å². The van der Waals surface area contributed by atoms with Crippen molar-refractivity contribution in [3.05, 3.63) is 53.1 Å². The first kappa shape index (κ1) is 15.1. The lowest BCUT2D eigenvalue weighted by Crippen LogP contribution is -2.38. The Bertz CT molecular complexity index is 628. The van der Waals surface area contributed by atoms with E-state index in [-0.39, 0.29) is 18.4 Å². The summed E-state index contributed by atoms with van der Waals surface area (Å²) in [6.07, 6.45) is 3.31. The Morgan fingerprint density at radius 1 is 1.43 bits per heavy atom. The maximum absolute atomic E-state index is 11.9. The van der Waals surface area contributed by atoms with Crippen molar-refractivity contribution >= 4 is 23.4 Å². The number of hydrogen-bond acceptors (Lipinski definition) is 3. The average molecular weight is 307 g/mol. The Hall–Kier alpha value is -2.34. The van der Waals surface area contributed by atoms with Crippen LogP contribution < -0.4 is 5.32 Å². The van der Waals surface area contributed by atoms with Gasteiger partial charge >= 0.3 is 0 Å². The molecular formula is C14H15ClN4O2. The molecule has 0 radical (unpaired) electrons. The Balaban J connectivity index is 1.84. The van der Waals surface area contributed by atoms with Crippen LogP contribution in [0.1, 0.15) is 16.2 Å². The number of carbonyl (C=O) groups is 2. The first-order chi connectivity index (χ1) is 10.1. The van der Waals surface area contributed by atoms with E-state index in [1.807, 2.05) is 0 Å². The van der Waals surface area contributed by atoms with Crippen molar-refractivity contribution in [2.45, 2.75) is 6.54 Å². The lowest BCUT2D eigenvalue weighted by molar-refractivity contribution is -0.129. The molecule has 2 N–H and O–H groups in total. The normalized spacial score (nSPS) is 10.2. The molecule has 2 rings (SSSR count). The summed E-state index contributed by atoms with van der Waals surface area (Å²) in [5.74, 6) is 0.144. The van der Waals surface area contributed by atoms with Gasteiger partial charge in [-0.1, -0.05) is 17.7 Å². The van der Waals surface area contributed by atoms with Crippen LogP contribution in [-0.4, -0.2) is 40.3 Å². The molecule has 0 spiro atoms. The molecule has 0 aliphatic carbocycles. The highest BCUT2D eigenvalue weighted by Gasteiger charge is 2.12. The summed E-state index contributed by atoms with van der Waals surface area (Å²) >= 11 is 5.82. The molecule has 21 heavy (non-hydrogen) atoms. The number of H-pyrrole nitrogens is 1. The summed E-state index contributed by atoms with van der Waals surface area (Å²) in [5, 5.41) is 3.04. The minimum Gasteiger partial charge on any atom is -0.347 e. The fourth-order valence-corrected chi connectivity index (χ4v) is 1.91. The molecule has 0 saturated carbocycles. The molecule has 0 aliphatic rings. The Morgan fingerprint density at radius 3 is 2.90 bits per heavy atom. The Labute approximate surface area is 127 Å². The Kier molecular flexibility index (Phi) is 4.94. The molecule has 0 fully saturated rings. The standard InChI is InChI=1S/C14H15ClN4O2/c1-19(9-12-16-5-6-17-12)13(20)8-18-14(21)10-3-2-4-11(15)7-10/h2-7H,8-9H2,1H3,(H,16,17)(H,18,21). The second-order valence-electron chi connectivity index (χ2n) is 4.48. The number of nitrogens with zero attached hydrogens (tertiary/aromatic N) is 2. The number of likely N-dealkylation sites (N-methyl/N-ethyl adjacent to an activating group) is 1. The predicted molar refractivity (Wildman–Crippen MR) is 78.8 cm³/mol. The lowest BCUT2D eigenvalue weighted by Gasteiger charge is -2.16. The lowest BCUT2D eigenvalue weighted by atomic mass is 10.2. The van der Waals surface area contributed by atoms with Crippen molar-refractivity contribution in [3.63, 3.8) is 0 Å². The van der Waals surface area contributed by atoms with Crippen LogP contribution in [0.2, 0.25) is 5.02 Å². The molecule has 2 aromatic rings. The van der Waals surface area contributed by atoms with E-state index in [4.69, 9.17) is 11.6 Å². The van der Waals surface area contributed by atoms with E-state index in [0.717, 1.165) is 0 Å². The highest BCUT2D eigenvalue weighted by molar-refractivity contribution is 6.30. The molecular weight excluding hydrogens is 292 g/mol. The number of amides is 2. The summed E-state index contributed by atoms with van der Waals surface area (Å²) in [6, 6.07) is 6.55. The third kappa shape index (κ3) is 4.32. The SMILES string of the molecule is CN(Cc1ncc[nH]1)C(=O)CNC(=O)c1cccc(Cl)c1. The van der Waals surface area contributed by atoms with Gasteiger partial charge < -0.3 is 15.2 Å². The van der Waals surface area contributed by atoms with Crippen LogP contribution in [0.4, 0.5) is 0 Å². The average Bonchev–Trinajstić information content (AvgIpc) is 2.97. The minimum atomic E-state index is -0.336. The maximum atomic E-state index is 11.9. The van der Waals surface area contributed by atoms with E-state index >= 15 is 0 Å². The van der Waals surface area contributed by atoms with Crippen LogP contribution >= 0.6 is 11.6 Å². The van der Waals surface area contributed by atoms with Gasteiger partial charge in [0.1, 0.15) is 5.82 Å². The molecule has 1 aromatic carbocycles. The monoisotopic (exact) mass is 306 g/mol. The molecule has 0 aliphatic heterocycles. The molecule has 2 amide bonds. The zero-order chi connectivity index (χ0) is 15.2. The van der Waals surface area contributed by atoms with Crippen molar-refractivity contribution in [2.24, 2.45) is 0 Å². The third-order valence-electron chi connectivity index (χ3n) is 2.85. The number of benzene rings is 1. The maximum Gasteiger partial charge on any atom is 0.251 e. The molecule has 1 aromatic heterocycles. The number of carbonyl (C=O) groups excluding carboxylic acids is 2. The van der Waals surface area contributed by atoms with Crippen molar-refractivity contribution in [1.82, 2.24) is 20.2 Å². The summed E-state index contributed by atoms with van der Waals surface area (Å²) in [5.41, 5.74) is 0.420. The van der Waals surface area contributed by atoms with Gasteiger partial charge in [-0.15, -0.1) is 0 Å². The van der Waals surface area contributed by atoms with Gasteiger partial charge in [-0.25, -0.2) is 4.98 Å². The Morgan fingerprint density at radius 2 is 2.24 bits per heavy atom. The smallest absolute Gasteiger partial charge is 0.251 e. The number of hydrogen-bond donors (Lipinski definition) is 2. The number of rotatable bonds is 5. The minimum absolute atomic E-state index is 0.0808. The number of nitrogens with one attached hydrogen (secondary N) is 2. The van der Waals surface area contributed by atoms with Gasteiger partial charge in [0.15, 0.2) is 0 Å². The van der Waals surface area contributed by atoms with Crippen molar-refractivity contribution in [2.75, 3.05) is 13.6 Å². The quantitative estimate of drug-likeness (QED) is 0.877. The third-order valence-corrected chi connectivity index (χ3v) is 3.09. The fraction of sp³-hybridized carbons (Fsp3) is 0.214. The number of aromatic nitrogens is 2. The van der Waals surface area contributed by atoms with E-state index in [0.29, 0.717) is 23.0 Å². The van der Waals surface area contributed by atoms with Gasteiger partial charge in [-0.2, -0.15) is 0 Å². The van der Waals surface area contributed by atoms with Gasteiger partial charge in [-0.3, -0.25) is 9.59 Å². The summed E-state index contributed by atoms with van der Waals surface area (Å²) in [7, 11) is 1.65.